The summed E-state index contributed by atoms with van der Waals surface area (Å²) in [5.41, 5.74) is 3.78. The van der Waals surface area contributed by atoms with Gasteiger partial charge in [-0.3, -0.25) is 4.72 Å². The molecule has 0 aromatic heterocycles. The van der Waals surface area contributed by atoms with Gasteiger partial charge in [-0.1, -0.05) is 12.1 Å². The van der Waals surface area contributed by atoms with Gasteiger partial charge in [0.2, 0.25) is 10.0 Å². The zero-order valence-corrected chi connectivity index (χ0v) is 21.4. The van der Waals surface area contributed by atoms with Crippen molar-refractivity contribution < 1.29 is 17.9 Å². The van der Waals surface area contributed by atoms with E-state index in [4.69, 9.17) is 9.47 Å². The van der Waals surface area contributed by atoms with E-state index in [0.29, 0.717) is 38.7 Å². The van der Waals surface area contributed by atoms with Gasteiger partial charge < -0.3 is 19.7 Å². The van der Waals surface area contributed by atoms with Crippen LogP contribution in [0.1, 0.15) is 40.2 Å². The van der Waals surface area contributed by atoms with Crippen LogP contribution in [0.4, 0.5) is 17.1 Å². The van der Waals surface area contributed by atoms with Crippen LogP contribution >= 0.6 is 0 Å². The zero-order chi connectivity index (χ0) is 24.3. The Kier molecular flexibility index (Phi) is 10.5. The Labute approximate surface area is 199 Å². The Balaban J connectivity index is 1.93. The van der Waals surface area contributed by atoms with Crippen molar-refractivity contribution in [3.05, 3.63) is 54.1 Å². The molecule has 2 aromatic rings. The fourth-order valence-electron chi connectivity index (χ4n) is 3.00. The Morgan fingerprint density at radius 1 is 0.818 bits per heavy atom. The summed E-state index contributed by atoms with van der Waals surface area (Å²) in [6.07, 6.45) is 0. The quantitative estimate of drug-likeness (QED) is 0.383. The Hall–Kier alpha value is -2.29. The van der Waals surface area contributed by atoms with Gasteiger partial charge in [-0.2, -0.15) is 0 Å². The van der Waals surface area contributed by atoms with Crippen molar-refractivity contribution in [2.24, 2.45) is 0 Å². The molecule has 2 N–H and O–H groups in total. The average Bonchev–Trinajstić information content (AvgIpc) is 2.77. The molecule has 33 heavy (non-hydrogen) atoms. The van der Waals surface area contributed by atoms with Crippen LogP contribution in [-0.4, -0.2) is 52.7 Å². The molecule has 0 atom stereocenters. The maximum absolute atomic E-state index is 12.3. The molecule has 0 radical (unpaired) electrons. The number of benzene rings is 2. The second-order valence-electron chi connectivity index (χ2n) is 8.70. The highest BCUT2D eigenvalue weighted by atomic mass is 32.2. The molecule has 0 aliphatic carbocycles. The molecule has 0 fully saturated rings. The Morgan fingerprint density at radius 2 is 1.33 bits per heavy atom. The molecular weight excluding hydrogens is 438 g/mol. The molecule has 0 aliphatic rings. The van der Waals surface area contributed by atoms with E-state index in [-0.39, 0.29) is 0 Å². The molecule has 0 heterocycles. The molecule has 7 nitrogen and oxygen atoms in total. The molecule has 0 amide bonds. The first-order chi connectivity index (χ1) is 15.7. The largest absolute Gasteiger partial charge is 0.381 e. The third-order valence-corrected chi connectivity index (χ3v) is 7.28. The molecular formula is C25H39N3O4S. The summed E-state index contributed by atoms with van der Waals surface area (Å²) >= 11 is 0. The van der Waals surface area contributed by atoms with Crippen molar-refractivity contribution in [3.8, 4) is 0 Å². The minimum Gasteiger partial charge on any atom is -0.381 e. The molecule has 0 unspecified atom stereocenters. The summed E-state index contributed by atoms with van der Waals surface area (Å²) in [6.45, 7) is 14.1. The number of rotatable bonds is 14. The van der Waals surface area contributed by atoms with E-state index >= 15 is 0 Å². The number of nitrogens with one attached hydrogen (secondary N) is 2. The highest BCUT2D eigenvalue weighted by Gasteiger charge is 2.28. The van der Waals surface area contributed by atoms with Crippen molar-refractivity contribution in [3.63, 3.8) is 0 Å². The Morgan fingerprint density at radius 3 is 1.82 bits per heavy atom. The lowest BCUT2D eigenvalue weighted by Gasteiger charge is -2.25. The van der Waals surface area contributed by atoms with Crippen LogP contribution in [0.25, 0.3) is 0 Å². The zero-order valence-electron chi connectivity index (χ0n) is 20.6. The topological polar surface area (TPSA) is 79.9 Å². The summed E-state index contributed by atoms with van der Waals surface area (Å²) < 4.78 is 37.4. The predicted octanol–water partition coefficient (Wildman–Crippen LogP) is 4.72. The van der Waals surface area contributed by atoms with Gasteiger partial charge in [-0.25, -0.2) is 8.42 Å². The lowest BCUT2D eigenvalue weighted by molar-refractivity contribution is 0.141. The number of hydrogen-bond acceptors (Lipinski definition) is 6. The first kappa shape index (κ1) is 27.0. The van der Waals surface area contributed by atoms with Crippen LogP contribution in [0, 0.1) is 0 Å². The SMILES string of the molecule is CCOCCN(CCOCC)c1ccc(NCc2ccc(NS(=O)(=O)C(C)(C)C)cc2)cc1. The van der Waals surface area contributed by atoms with Gasteiger partial charge in [0.15, 0.2) is 0 Å². The smallest absolute Gasteiger partial charge is 0.237 e. The second-order valence-corrected chi connectivity index (χ2v) is 11.1. The molecule has 0 saturated heterocycles. The van der Waals surface area contributed by atoms with Crippen LogP contribution in [0.2, 0.25) is 0 Å². The summed E-state index contributed by atoms with van der Waals surface area (Å²) in [4.78, 5) is 2.27. The number of anilines is 3. The lowest BCUT2D eigenvalue weighted by atomic mass is 10.2. The third-order valence-electron chi connectivity index (χ3n) is 5.16. The second kappa shape index (κ2) is 12.8. The third kappa shape index (κ3) is 8.87. The van der Waals surface area contributed by atoms with Crippen molar-refractivity contribution in [2.75, 3.05) is 54.5 Å². The average molecular weight is 478 g/mol. The lowest BCUT2D eigenvalue weighted by Crippen LogP contribution is -2.33. The number of sulfonamides is 1. The summed E-state index contributed by atoms with van der Waals surface area (Å²) in [6, 6.07) is 15.8. The summed E-state index contributed by atoms with van der Waals surface area (Å²) in [5, 5.41) is 3.42. The molecule has 0 spiro atoms. The first-order valence-corrected chi connectivity index (χ1v) is 13.0. The van der Waals surface area contributed by atoms with E-state index < -0.39 is 14.8 Å². The van der Waals surface area contributed by atoms with Crippen LogP contribution in [0.3, 0.4) is 0 Å². The van der Waals surface area contributed by atoms with Gasteiger partial charge in [0.1, 0.15) is 0 Å². The van der Waals surface area contributed by atoms with Gasteiger partial charge in [0.05, 0.1) is 18.0 Å². The minimum absolute atomic E-state index is 0.567. The van der Waals surface area contributed by atoms with E-state index in [2.05, 4.69) is 39.2 Å². The van der Waals surface area contributed by atoms with Crippen molar-refractivity contribution in [2.45, 2.75) is 45.9 Å². The maximum Gasteiger partial charge on any atom is 0.237 e. The monoisotopic (exact) mass is 477 g/mol. The molecule has 184 valence electrons. The van der Waals surface area contributed by atoms with Gasteiger partial charge in [0.25, 0.3) is 0 Å². The first-order valence-electron chi connectivity index (χ1n) is 11.5. The predicted molar refractivity (Wildman–Crippen MR) is 138 cm³/mol. The summed E-state index contributed by atoms with van der Waals surface area (Å²) in [5.74, 6) is 0. The van der Waals surface area contributed by atoms with Gasteiger partial charge >= 0.3 is 0 Å². The highest BCUT2D eigenvalue weighted by molar-refractivity contribution is 7.94. The van der Waals surface area contributed by atoms with Gasteiger partial charge in [0, 0.05) is 49.9 Å². The number of ether oxygens (including phenoxy) is 2. The highest BCUT2D eigenvalue weighted by Crippen LogP contribution is 2.21. The molecule has 2 rings (SSSR count). The number of nitrogens with zero attached hydrogens (tertiary/aromatic N) is 1. The molecule has 0 aliphatic heterocycles. The summed E-state index contributed by atoms with van der Waals surface area (Å²) in [7, 11) is -3.43. The number of hydrogen-bond donors (Lipinski definition) is 2. The molecule has 8 heteroatoms. The van der Waals surface area contributed by atoms with Gasteiger partial charge in [-0.05, 0) is 76.6 Å². The van der Waals surface area contributed by atoms with Gasteiger partial charge in [-0.15, -0.1) is 0 Å². The van der Waals surface area contributed by atoms with E-state index in [1.54, 1.807) is 32.9 Å². The van der Waals surface area contributed by atoms with Crippen molar-refractivity contribution in [1.29, 1.82) is 0 Å². The van der Waals surface area contributed by atoms with Crippen LogP contribution < -0.4 is 14.9 Å². The fraction of sp³-hybridized carbons (Fsp3) is 0.520. The van der Waals surface area contributed by atoms with E-state index in [1.165, 1.54) is 0 Å². The fourth-order valence-corrected chi connectivity index (χ4v) is 3.75. The van der Waals surface area contributed by atoms with E-state index in [0.717, 1.165) is 30.0 Å². The maximum atomic E-state index is 12.3. The molecule has 0 bridgehead atoms. The van der Waals surface area contributed by atoms with Crippen LogP contribution in [0.15, 0.2) is 48.5 Å². The molecule has 2 aromatic carbocycles. The van der Waals surface area contributed by atoms with E-state index in [9.17, 15) is 8.42 Å². The molecule has 0 saturated carbocycles. The Bertz CT molecular complexity index is 914. The van der Waals surface area contributed by atoms with Crippen molar-refractivity contribution in [1.82, 2.24) is 0 Å². The van der Waals surface area contributed by atoms with Crippen LogP contribution in [-0.2, 0) is 26.0 Å². The minimum atomic E-state index is -3.43. The van der Waals surface area contributed by atoms with Crippen LogP contribution in [0.5, 0.6) is 0 Å². The van der Waals surface area contributed by atoms with Crippen molar-refractivity contribution >= 4 is 27.1 Å². The normalized spacial score (nSPS) is 11.9. The van der Waals surface area contributed by atoms with E-state index in [1.807, 2.05) is 26.0 Å². The standard InChI is InChI=1S/C25H39N3O4S/c1-6-31-18-16-28(17-19-32-7-2)24-14-12-22(13-15-24)26-20-21-8-10-23(11-9-21)27-33(29,30)25(3,4)5/h8-15,26-27H,6-7,16-20H2,1-5H3.